The summed E-state index contributed by atoms with van der Waals surface area (Å²) in [7, 11) is 1.24. The molecule has 0 aromatic heterocycles. The van der Waals surface area contributed by atoms with Crippen LogP contribution in [0.3, 0.4) is 0 Å². The van der Waals surface area contributed by atoms with Gasteiger partial charge in [0.25, 0.3) is 5.69 Å². The largest absolute Gasteiger partial charge is 0.466 e. The summed E-state index contributed by atoms with van der Waals surface area (Å²) in [4.78, 5) is 34.3. The van der Waals surface area contributed by atoms with Crippen molar-refractivity contribution < 1.29 is 19.2 Å². The van der Waals surface area contributed by atoms with Gasteiger partial charge in [0.15, 0.2) is 0 Å². The number of aryl methyl sites for hydroxylation is 3. The van der Waals surface area contributed by atoms with Crippen LogP contribution in [-0.4, -0.2) is 30.5 Å². The summed E-state index contributed by atoms with van der Waals surface area (Å²) in [6.45, 7) is 5.67. The number of nitro groups is 1. The summed E-state index contributed by atoms with van der Waals surface area (Å²) in [5.41, 5.74) is 4.20. The molecule has 8 nitrogen and oxygen atoms in total. The third-order valence-electron chi connectivity index (χ3n) is 4.21. The third kappa shape index (κ3) is 5.90. The number of methoxy groups -OCH3 is 1. The standard InChI is InChI=1S/C21H23N3O5/c1-13-9-14(2)21(15(3)10-13)23-19(25)12-22-17-7-5-16(6-8-20(26)29-4)11-18(17)24(27)28/h5-11,22H,12H2,1-4H3,(H,23,25)/b8-6+. The number of nitrogens with zero attached hydrogens (tertiary/aromatic N) is 1. The molecule has 2 aromatic rings. The van der Waals surface area contributed by atoms with Crippen LogP contribution in [0, 0.1) is 30.9 Å². The lowest BCUT2D eigenvalue weighted by atomic mass is 10.1. The van der Waals surface area contributed by atoms with Gasteiger partial charge in [-0.15, -0.1) is 0 Å². The van der Waals surface area contributed by atoms with Crippen LogP contribution in [0.4, 0.5) is 17.1 Å². The monoisotopic (exact) mass is 397 g/mol. The second kappa shape index (κ2) is 9.50. The molecule has 0 aliphatic carbocycles. The van der Waals surface area contributed by atoms with Crippen molar-refractivity contribution in [3.63, 3.8) is 0 Å². The van der Waals surface area contributed by atoms with Gasteiger partial charge in [-0.1, -0.05) is 23.8 Å². The molecule has 0 heterocycles. The normalized spacial score (nSPS) is 10.6. The lowest BCUT2D eigenvalue weighted by molar-refractivity contribution is -0.384. The lowest BCUT2D eigenvalue weighted by Gasteiger charge is -2.13. The highest BCUT2D eigenvalue weighted by molar-refractivity contribution is 5.95. The zero-order valence-corrected chi connectivity index (χ0v) is 16.7. The zero-order chi connectivity index (χ0) is 21.6. The number of nitro benzene ring substituents is 1. The molecule has 0 atom stereocenters. The molecule has 2 aromatic carbocycles. The number of hydrogen-bond acceptors (Lipinski definition) is 6. The fourth-order valence-electron chi connectivity index (χ4n) is 2.92. The first-order chi connectivity index (χ1) is 13.7. The van der Waals surface area contributed by atoms with E-state index in [9.17, 15) is 19.7 Å². The molecule has 8 heteroatoms. The number of carbonyl (C=O) groups is 2. The Morgan fingerprint density at radius 3 is 2.38 bits per heavy atom. The summed E-state index contributed by atoms with van der Waals surface area (Å²) >= 11 is 0. The highest BCUT2D eigenvalue weighted by atomic mass is 16.6. The van der Waals surface area contributed by atoms with E-state index in [1.807, 2.05) is 32.9 Å². The van der Waals surface area contributed by atoms with Crippen LogP contribution >= 0.6 is 0 Å². The van der Waals surface area contributed by atoms with Crippen molar-refractivity contribution in [3.05, 3.63) is 68.8 Å². The van der Waals surface area contributed by atoms with Gasteiger partial charge in [-0.05, 0) is 49.6 Å². The average molecular weight is 397 g/mol. The van der Waals surface area contributed by atoms with Crippen molar-refractivity contribution in [1.29, 1.82) is 0 Å². The van der Waals surface area contributed by atoms with Crippen molar-refractivity contribution >= 4 is 35.0 Å². The molecule has 29 heavy (non-hydrogen) atoms. The molecule has 0 saturated carbocycles. The molecular formula is C21H23N3O5. The molecule has 0 bridgehead atoms. The van der Waals surface area contributed by atoms with Gasteiger partial charge in [-0.2, -0.15) is 0 Å². The minimum absolute atomic E-state index is 0.134. The van der Waals surface area contributed by atoms with E-state index < -0.39 is 10.9 Å². The van der Waals surface area contributed by atoms with Crippen LogP contribution in [0.15, 0.2) is 36.4 Å². The molecule has 0 spiro atoms. The van der Waals surface area contributed by atoms with E-state index in [-0.39, 0.29) is 23.8 Å². The summed E-state index contributed by atoms with van der Waals surface area (Å²) in [5, 5.41) is 17.0. The molecule has 0 unspecified atom stereocenters. The van der Waals surface area contributed by atoms with Gasteiger partial charge in [0.05, 0.1) is 18.6 Å². The van der Waals surface area contributed by atoms with Crippen LogP contribution < -0.4 is 10.6 Å². The number of carbonyl (C=O) groups excluding carboxylic acids is 2. The van der Waals surface area contributed by atoms with E-state index in [0.717, 1.165) is 22.4 Å². The first-order valence-corrected chi connectivity index (χ1v) is 8.87. The fraction of sp³-hybridized carbons (Fsp3) is 0.238. The zero-order valence-electron chi connectivity index (χ0n) is 16.7. The van der Waals surface area contributed by atoms with Gasteiger partial charge in [-0.3, -0.25) is 14.9 Å². The van der Waals surface area contributed by atoms with Gasteiger partial charge >= 0.3 is 5.97 Å². The van der Waals surface area contributed by atoms with Crippen LogP contribution in [0.1, 0.15) is 22.3 Å². The van der Waals surface area contributed by atoms with E-state index in [2.05, 4.69) is 15.4 Å². The molecular weight excluding hydrogens is 374 g/mol. The van der Waals surface area contributed by atoms with Crippen molar-refractivity contribution in [1.82, 2.24) is 0 Å². The Kier molecular flexibility index (Phi) is 7.08. The number of ether oxygens (including phenoxy) is 1. The minimum atomic E-state index is -0.562. The Morgan fingerprint density at radius 2 is 1.79 bits per heavy atom. The topological polar surface area (TPSA) is 111 Å². The van der Waals surface area contributed by atoms with E-state index in [1.165, 1.54) is 31.4 Å². The summed E-state index contributed by atoms with van der Waals surface area (Å²) < 4.78 is 4.49. The third-order valence-corrected chi connectivity index (χ3v) is 4.21. The van der Waals surface area contributed by atoms with E-state index in [0.29, 0.717) is 5.56 Å². The fourth-order valence-corrected chi connectivity index (χ4v) is 2.92. The summed E-state index contributed by atoms with van der Waals surface area (Å²) in [6.07, 6.45) is 2.59. The number of hydrogen-bond donors (Lipinski definition) is 2. The maximum absolute atomic E-state index is 12.3. The van der Waals surface area contributed by atoms with Gasteiger partial charge in [0, 0.05) is 17.8 Å². The first-order valence-electron chi connectivity index (χ1n) is 8.87. The van der Waals surface area contributed by atoms with Crippen molar-refractivity contribution in [2.75, 3.05) is 24.3 Å². The van der Waals surface area contributed by atoms with E-state index in [4.69, 9.17) is 0 Å². The Morgan fingerprint density at radius 1 is 1.14 bits per heavy atom. The number of nitrogens with one attached hydrogen (secondary N) is 2. The van der Waals surface area contributed by atoms with Crippen LogP contribution in [-0.2, 0) is 14.3 Å². The highest BCUT2D eigenvalue weighted by Gasteiger charge is 2.15. The SMILES string of the molecule is COC(=O)/C=C/c1ccc(NCC(=O)Nc2c(C)cc(C)cc2C)c([N+](=O)[O-])c1. The highest BCUT2D eigenvalue weighted by Crippen LogP contribution is 2.26. The van der Waals surface area contributed by atoms with Crippen molar-refractivity contribution in [2.24, 2.45) is 0 Å². The first kappa shape index (κ1) is 21.6. The van der Waals surface area contributed by atoms with Crippen molar-refractivity contribution in [2.45, 2.75) is 20.8 Å². The number of amides is 1. The second-order valence-corrected chi connectivity index (χ2v) is 6.57. The lowest BCUT2D eigenvalue weighted by Crippen LogP contribution is -2.23. The summed E-state index contributed by atoms with van der Waals surface area (Å²) in [6, 6.07) is 8.35. The number of esters is 1. The quantitative estimate of drug-likeness (QED) is 0.319. The Bertz CT molecular complexity index is 959. The van der Waals surface area contributed by atoms with Crippen LogP contribution in [0.25, 0.3) is 6.08 Å². The number of benzene rings is 2. The molecule has 0 fully saturated rings. The summed E-state index contributed by atoms with van der Waals surface area (Å²) in [5.74, 6) is -0.878. The molecule has 0 aliphatic rings. The van der Waals surface area contributed by atoms with Crippen molar-refractivity contribution in [3.8, 4) is 0 Å². The second-order valence-electron chi connectivity index (χ2n) is 6.57. The van der Waals surface area contributed by atoms with Gasteiger partial charge in [0.1, 0.15) is 5.69 Å². The number of rotatable bonds is 7. The van der Waals surface area contributed by atoms with Gasteiger partial charge in [-0.25, -0.2) is 4.79 Å². The maximum Gasteiger partial charge on any atom is 0.330 e. The smallest absolute Gasteiger partial charge is 0.330 e. The predicted molar refractivity (Wildman–Crippen MR) is 112 cm³/mol. The molecule has 152 valence electrons. The van der Waals surface area contributed by atoms with E-state index >= 15 is 0 Å². The molecule has 2 N–H and O–H groups in total. The van der Waals surface area contributed by atoms with Crippen LogP contribution in [0.5, 0.6) is 0 Å². The molecule has 1 amide bonds. The molecule has 0 aliphatic heterocycles. The predicted octanol–water partition coefficient (Wildman–Crippen LogP) is 3.76. The van der Waals surface area contributed by atoms with E-state index in [1.54, 1.807) is 6.07 Å². The molecule has 0 radical (unpaired) electrons. The Hall–Kier alpha value is -3.68. The molecule has 0 saturated heterocycles. The number of anilines is 2. The molecule has 2 rings (SSSR count). The van der Waals surface area contributed by atoms with Crippen LogP contribution in [0.2, 0.25) is 0 Å². The Labute approximate surface area is 168 Å². The minimum Gasteiger partial charge on any atom is -0.466 e. The van der Waals surface area contributed by atoms with Gasteiger partial charge < -0.3 is 15.4 Å². The maximum atomic E-state index is 12.3. The van der Waals surface area contributed by atoms with Gasteiger partial charge in [0.2, 0.25) is 5.91 Å². The Balaban J connectivity index is 2.11. The average Bonchev–Trinajstić information content (AvgIpc) is 2.67.